The lowest BCUT2D eigenvalue weighted by molar-refractivity contribution is 0.363. The van der Waals surface area contributed by atoms with Crippen LogP contribution in [0.5, 0.6) is 5.75 Å². The van der Waals surface area contributed by atoms with Crippen LogP contribution >= 0.6 is 0 Å². The number of benzene rings is 6. The quantitative estimate of drug-likeness (QED) is 0.203. The first kappa shape index (κ1) is 26.3. The van der Waals surface area contributed by atoms with Crippen molar-refractivity contribution in [2.24, 2.45) is 0 Å². The van der Waals surface area contributed by atoms with E-state index in [2.05, 4.69) is 166 Å². The van der Waals surface area contributed by atoms with Crippen molar-refractivity contribution in [2.45, 2.75) is 37.0 Å². The Hall–Kier alpha value is -5.14. The summed E-state index contributed by atoms with van der Waals surface area (Å²) in [4.78, 5) is 0. The molecule has 2 atom stereocenters. The molecule has 0 spiro atoms. The highest BCUT2D eigenvalue weighted by Crippen LogP contribution is 2.58. The van der Waals surface area contributed by atoms with E-state index in [0.29, 0.717) is 0 Å². The summed E-state index contributed by atoms with van der Waals surface area (Å²) in [7, 11) is 0. The van der Waals surface area contributed by atoms with Crippen LogP contribution in [0.25, 0.3) is 21.9 Å². The first-order valence-corrected chi connectivity index (χ1v) is 16.0. The fourth-order valence-corrected chi connectivity index (χ4v) is 8.66. The second kappa shape index (κ2) is 9.68. The summed E-state index contributed by atoms with van der Waals surface area (Å²) in [5.41, 5.74) is 11.4. The summed E-state index contributed by atoms with van der Waals surface area (Å²) < 4.78 is 6.51. The fourth-order valence-electron chi connectivity index (χ4n) is 8.66. The molecule has 45 heavy (non-hydrogen) atoms. The molecule has 1 heteroatoms. The average Bonchev–Trinajstić information content (AvgIpc) is 3.40. The Bertz CT molecular complexity index is 2180. The van der Waals surface area contributed by atoms with Crippen molar-refractivity contribution in [3.63, 3.8) is 0 Å². The van der Waals surface area contributed by atoms with Gasteiger partial charge in [0.1, 0.15) is 11.5 Å². The molecule has 0 saturated carbocycles. The van der Waals surface area contributed by atoms with Crippen molar-refractivity contribution < 1.29 is 4.74 Å². The lowest BCUT2D eigenvalue weighted by Crippen LogP contribution is -2.32. The van der Waals surface area contributed by atoms with Crippen molar-refractivity contribution in [3.8, 4) is 16.9 Å². The number of rotatable bonds is 3. The molecule has 2 unspecified atom stereocenters. The van der Waals surface area contributed by atoms with Gasteiger partial charge in [-0.1, -0.05) is 153 Å². The lowest BCUT2D eigenvalue weighted by Gasteiger charge is -2.41. The van der Waals surface area contributed by atoms with Crippen LogP contribution < -0.4 is 4.74 Å². The Balaban J connectivity index is 1.25. The summed E-state index contributed by atoms with van der Waals surface area (Å²) in [5, 5.41) is 2.58. The molecule has 0 N–H and O–H groups in total. The zero-order valence-electron chi connectivity index (χ0n) is 25.6. The Morgan fingerprint density at radius 1 is 0.600 bits per heavy atom. The minimum absolute atomic E-state index is 0.133. The highest BCUT2D eigenvalue weighted by molar-refractivity contribution is 6.00. The second-order valence-electron chi connectivity index (χ2n) is 13.2. The predicted molar refractivity (Wildman–Crippen MR) is 185 cm³/mol. The maximum Gasteiger partial charge on any atom is 0.131 e. The Morgan fingerprint density at radius 3 is 2.13 bits per heavy atom. The van der Waals surface area contributed by atoms with E-state index in [1.54, 1.807) is 0 Å². The molecule has 9 rings (SSSR count). The normalized spacial score (nSPS) is 20.6. The van der Waals surface area contributed by atoms with Gasteiger partial charge in [0.25, 0.3) is 0 Å². The van der Waals surface area contributed by atoms with Crippen LogP contribution in [-0.4, -0.2) is 0 Å². The third kappa shape index (κ3) is 3.61. The van der Waals surface area contributed by atoms with Crippen molar-refractivity contribution in [1.29, 1.82) is 0 Å². The highest BCUT2D eigenvalue weighted by atomic mass is 16.5. The molecule has 3 aliphatic rings. The van der Waals surface area contributed by atoms with Crippen LogP contribution in [0.15, 0.2) is 163 Å². The summed E-state index contributed by atoms with van der Waals surface area (Å²) >= 11 is 0. The van der Waals surface area contributed by atoms with Gasteiger partial charge in [0.15, 0.2) is 0 Å². The second-order valence-corrected chi connectivity index (χ2v) is 13.2. The number of para-hydroxylation sites is 1. The van der Waals surface area contributed by atoms with Crippen molar-refractivity contribution in [1.82, 2.24) is 0 Å². The summed E-state index contributed by atoms with van der Waals surface area (Å²) in [6, 6.07) is 51.7. The average molecular weight is 579 g/mol. The van der Waals surface area contributed by atoms with Crippen LogP contribution in [0.2, 0.25) is 0 Å². The van der Waals surface area contributed by atoms with E-state index in [1.807, 2.05) is 0 Å². The SMILES string of the molecule is CC1(C)C2=C(C=CCC2c2ccc(C3(c4ccccc4)c4ccccc4-c4ccc5ccccc5c43)cc2)Oc2ccccc21. The van der Waals surface area contributed by atoms with Crippen molar-refractivity contribution in [3.05, 3.63) is 196 Å². The molecule has 1 aliphatic heterocycles. The van der Waals surface area contributed by atoms with Gasteiger partial charge in [-0.3, -0.25) is 0 Å². The smallest absolute Gasteiger partial charge is 0.131 e. The van der Waals surface area contributed by atoms with Gasteiger partial charge < -0.3 is 4.74 Å². The molecular weight excluding hydrogens is 544 g/mol. The molecule has 0 amide bonds. The summed E-state index contributed by atoms with van der Waals surface area (Å²) in [6.45, 7) is 4.71. The van der Waals surface area contributed by atoms with Gasteiger partial charge in [-0.2, -0.15) is 0 Å². The molecule has 0 saturated heterocycles. The molecule has 0 radical (unpaired) electrons. The zero-order valence-corrected chi connectivity index (χ0v) is 25.6. The van der Waals surface area contributed by atoms with Crippen LogP contribution in [0, 0.1) is 0 Å². The van der Waals surface area contributed by atoms with E-state index in [-0.39, 0.29) is 11.3 Å². The van der Waals surface area contributed by atoms with E-state index in [0.717, 1.165) is 17.9 Å². The number of hydrogen-bond donors (Lipinski definition) is 0. The third-order valence-electron chi connectivity index (χ3n) is 10.6. The standard InChI is InChI=1S/C44H34O/c1-43(2)38-20-10-11-21-39(38)45-40-22-12-18-34(42(40)43)30-23-26-32(27-24-30)44(31-14-4-3-5-15-31)37-19-9-8-17-35(37)36-28-25-29-13-6-7-16-33(29)41(36)44/h3-17,19-28,34H,18H2,1-2H3. The third-order valence-corrected chi connectivity index (χ3v) is 10.6. The predicted octanol–water partition coefficient (Wildman–Crippen LogP) is 10.9. The zero-order chi connectivity index (χ0) is 30.2. The molecule has 0 aromatic heterocycles. The number of ether oxygens (including phenoxy) is 1. The van der Waals surface area contributed by atoms with Gasteiger partial charge >= 0.3 is 0 Å². The maximum absolute atomic E-state index is 6.51. The first-order chi connectivity index (χ1) is 22.1. The summed E-state index contributed by atoms with van der Waals surface area (Å²) in [6.07, 6.45) is 5.43. The molecule has 1 heterocycles. The largest absolute Gasteiger partial charge is 0.457 e. The Morgan fingerprint density at radius 2 is 1.29 bits per heavy atom. The molecule has 0 bridgehead atoms. The molecule has 1 nitrogen and oxygen atoms in total. The maximum atomic E-state index is 6.51. The van der Waals surface area contributed by atoms with Crippen LogP contribution in [0.1, 0.15) is 59.6 Å². The molecular formula is C44H34O. The minimum atomic E-state index is -0.435. The van der Waals surface area contributed by atoms with E-state index in [4.69, 9.17) is 4.74 Å². The topological polar surface area (TPSA) is 9.23 Å². The van der Waals surface area contributed by atoms with Crippen molar-refractivity contribution in [2.75, 3.05) is 0 Å². The van der Waals surface area contributed by atoms with Crippen LogP contribution in [-0.2, 0) is 10.8 Å². The van der Waals surface area contributed by atoms with Crippen LogP contribution in [0.4, 0.5) is 0 Å². The van der Waals surface area contributed by atoms with Gasteiger partial charge in [-0.25, -0.2) is 0 Å². The van der Waals surface area contributed by atoms with Gasteiger partial charge in [0.05, 0.1) is 5.41 Å². The van der Waals surface area contributed by atoms with Gasteiger partial charge in [0, 0.05) is 16.9 Å². The van der Waals surface area contributed by atoms with Crippen LogP contribution in [0.3, 0.4) is 0 Å². The van der Waals surface area contributed by atoms with Gasteiger partial charge in [-0.15, -0.1) is 0 Å². The van der Waals surface area contributed by atoms with E-state index in [1.165, 1.54) is 60.9 Å². The van der Waals surface area contributed by atoms with E-state index in [9.17, 15) is 0 Å². The molecule has 2 aliphatic carbocycles. The first-order valence-electron chi connectivity index (χ1n) is 16.0. The summed E-state index contributed by atoms with van der Waals surface area (Å²) in [5.74, 6) is 2.22. The van der Waals surface area contributed by atoms with Crippen molar-refractivity contribution >= 4 is 10.8 Å². The van der Waals surface area contributed by atoms with E-state index >= 15 is 0 Å². The molecule has 0 fully saturated rings. The number of hydrogen-bond acceptors (Lipinski definition) is 1. The van der Waals surface area contributed by atoms with Gasteiger partial charge in [-0.05, 0) is 73.9 Å². The molecule has 6 aromatic rings. The Kier molecular flexibility index (Phi) is 5.65. The molecule has 216 valence electrons. The number of fused-ring (bicyclic) bond motifs is 6. The van der Waals surface area contributed by atoms with Gasteiger partial charge in [0.2, 0.25) is 0 Å². The highest BCUT2D eigenvalue weighted by Gasteiger charge is 2.47. The van der Waals surface area contributed by atoms with E-state index < -0.39 is 5.41 Å². The minimum Gasteiger partial charge on any atom is -0.457 e. The molecule has 6 aromatic carbocycles. The number of allylic oxidation sites excluding steroid dienone is 3. The Labute approximate surface area is 265 Å². The monoisotopic (exact) mass is 578 g/mol. The lowest BCUT2D eigenvalue weighted by atomic mass is 9.65. The fraction of sp³-hybridized carbons (Fsp3) is 0.136.